The molecule has 0 aliphatic carbocycles. The molecule has 0 aliphatic rings. The van der Waals surface area contributed by atoms with Crippen LogP contribution in [0.25, 0.3) is 0 Å². The highest BCUT2D eigenvalue weighted by Crippen LogP contribution is 2.33. The van der Waals surface area contributed by atoms with Crippen molar-refractivity contribution >= 4 is 581 Å². The Balaban J connectivity index is 6.24. The standard InChI is InChI=1S/C6H15B24I20N3O3/c1-4(54)51-27(21(43)13(35)11(33)9(7)31)23(45)17(39)15(37)19(41)25(47)29(49)53(6(3)56)30(50)26(48)20(42)16(38)18(40)24(46)28(52-5(2)55)22(44)14(36)12(34)10(8)32/h7-8H2,1-3H3,(H,51,54)(H,52,55). The molecule has 2 N–H and O–H groups in total. The van der Waals surface area contributed by atoms with Crippen molar-refractivity contribution in [3.05, 3.63) is 0 Å². The van der Waals surface area contributed by atoms with Crippen LogP contribution in [-0.4, -0.2) is 139 Å². The van der Waals surface area contributed by atoms with E-state index in [1.54, 1.807) is 20.8 Å². The zero-order valence-corrected chi connectivity index (χ0v) is 72.6. The molecule has 0 spiro atoms. The summed E-state index contributed by atoms with van der Waals surface area (Å²) in [6.45, 7) is 5.05. The molecule has 3 amide bonds. The van der Waals surface area contributed by atoms with Crippen molar-refractivity contribution in [1.29, 1.82) is 0 Å². The Morgan fingerprint density at radius 1 is 0.357 bits per heavy atom. The summed E-state index contributed by atoms with van der Waals surface area (Å²) in [6, 6.07) is 0. The van der Waals surface area contributed by atoms with Crippen molar-refractivity contribution in [2.45, 2.75) is 20.8 Å². The van der Waals surface area contributed by atoms with E-state index in [9.17, 15) is 14.4 Å². The van der Waals surface area contributed by atoms with Gasteiger partial charge in [-0.3, -0.25) is 14.4 Å². The van der Waals surface area contributed by atoms with Crippen molar-refractivity contribution in [3.8, 4) is 0 Å². The van der Waals surface area contributed by atoms with Crippen LogP contribution in [0, 0.1) is 0 Å². The predicted octanol–water partition coefficient (Wildman–Crippen LogP) is 6.44. The van der Waals surface area contributed by atoms with Gasteiger partial charge in [-0.2, -0.15) is 403 Å². The Labute approximate surface area is 614 Å². The smallest absolute Gasteiger partial charge is 0.284 e. The topological polar surface area (TPSA) is 78.5 Å². The number of halogens is 20. The Kier molecular flexibility index (Phi) is 46.1. The summed E-state index contributed by atoms with van der Waals surface area (Å²) in [5.41, 5.74) is 0. The molecule has 0 atom stereocenters. The maximum Gasteiger partial charge on any atom is 0.284 e. The molecule has 0 saturated carbocycles. The second-order valence-electron chi connectivity index (χ2n) is 12.6. The van der Waals surface area contributed by atoms with Gasteiger partial charge in [-0.1, -0.05) is 0 Å². The number of carbonyl (C=O) groups is 3. The first-order valence-electron chi connectivity index (χ1n) is 16.1. The molecule has 0 fully saturated rings. The lowest BCUT2D eigenvalue weighted by molar-refractivity contribution is -0.121. The van der Waals surface area contributed by atoms with Crippen LogP contribution in [-0.2, 0) is 14.4 Å². The number of carbonyl (C=O) groups excluding carboxylic acids is 3. The molecule has 0 rings (SSSR count). The lowest BCUT2D eigenvalue weighted by Crippen LogP contribution is -2.70. The van der Waals surface area contributed by atoms with Gasteiger partial charge in [0.05, 0.1) is 15.5 Å². The number of nitrogens with one attached hydrogen (secondary N) is 2. The van der Waals surface area contributed by atoms with E-state index < -0.39 is 0 Å². The molecule has 0 unspecified atom stereocenters. The average molecular weight is 2970 g/mol. The summed E-state index contributed by atoms with van der Waals surface area (Å²) in [7, 11) is 4.52. The van der Waals surface area contributed by atoms with Crippen molar-refractivity contribution in [1.82, 2.24) is 15.2 Å². The zero-order valence-electron chi connectivity index (χ0n) is 29.4. The van der Waals surface area contributed by atoms with Crippen LogP contribution in [0.5, 0.6) is 0 Å². The minimum Gasteiger partial charge on any atom is -0.425 e. The Morgan fingerprint density at radius 3 is 0.750 bits per heavy atom. The summed E-state index contributed by atoms with van der Waals surface area (Å²) in [5.74, 6) is 0.131. The van der Waals surface area contributed by atoms with Gasteiger partial charge in [-0.15, -0.1) is 44.7 Å². The van der Waals surface area contributed by atoms with Crippen LogP contribution in [0.3, 0.4) is 0 Å². The largest absolute Gasteiger partial charge is 0.425 e. The first-order chi connectivity index (χ1) is 25.5. The Morgan fingerprint density at radius 2 is 0.554 bits per heavy atom. The lowest BCUT2D eigenvalue weighted by Gasteiger charge is -2.35. The lowest BCUT2D eigenvalue weighted by atomic mass is 8.82. The first kappa shape index (κ1) is 70.6. The van der Waals surface area contributed by atoms with Crippen LogP contribution < -0.4 is 10.5 Å². The van der Waals surface area contributed by atoms with E-state index in [-0.39, 0.29) is 83.7 Å². The number of amides is 3. The number of rotatable bonds is 24. The highest BCUT2D eigenvalue weighted by Gasteiger charge is 2.57. The number of nitrogens with zero attached hydrogens (tertiary/aromatic N) is 1. The highest BCUT2D eigenvalue weighted by molar-refractivity contribution is 14.2. The van der Waals surface area contributed by atoms with Gasteiger partial charge in [0, 0.05) is 20.8 Å². The molecule has 0 heterocycles. The predicted molar refractivity (Wildman–Crippen MR) is 464 cm³/mol. The van der Waals surface area contributed by atoms with E-state index in [0.717, 1.165) is 0 Å². The Bertz CT molecular complexity index is 1160. The minimum absolute atomic E-state index is 0.0116. The third-order valence-corrected chi connectivity index (χ3v) is 59.6. The van der Waals surface area contributed by atoms with Crippen LogP contribution >= 0.6 is 447 Å². The maximum atomic E-state index is 13.6. The van der Waals surface area contributed by atoms with Crippen molar-refractivity contribution in [3.63, 3.8) is 0 Å². The summed E-state index contributed by atoms with van der Waals surface area (Å²) in [6.07, 6.45) is 0. The quantitative estimate of drug-likeness (QED) is 0.0864. The summed E-state index contributed by atoms with van der Waals surface area (Å²) < 4.78 is 8.03. The van der Waals surface area contributed by atoms with E-state index >= 15 is 0 Å². The molecule has 0 aliphatic heterocycles. The van der Waals surface area contributed by atoms with Gasteiger partial charge < -0.3 is 15.2 Å². The molecule has 0 radical (unpaired) electrons. The third kappa shape index (κ3) is 23.8. The average Bonchev–Trinajstić information content (AvgIpc) is 3.13. The van der Waals surface area contributed by atoms with Gasteiger partial charge in [0.25, 0.3) is 9.19 Å². The second kappa shape index (κ2) is 36.6. The monoisotopic (exact) mass is 2980 g/mol. The van der Waals surface area contributed by atoms with Gasteiger partial charge in [0.2, 0.25) is 20.5 Å². The molecule has 0 bridgehead atoms. The van der Waals surface area contributed by atoms with Crippen LogP contribution in [0.15, 0.2) is 0 Å². The van der Waals surface area contributed by atoms with Crippen molar-refractivity contribution < 1.29 is 14.4 Å². The van der Waals surface area contributed by atoms with Crippen LogP contribution in [0.2, 0.25) is 0 Å². The molecule has 0 aromatic carbocycles. The van der Waals surface area contributed by atoms with Gasteiger partial charge in [-0.25, -0.2) is 0 Å². The summed E-state index contributed by atoms with van der Waals surface area (Å²) in [5, 5.41) is 6.71. The molecule has 6 nitrogen and oxygen atoms in total. The molecule has 0 saturated heterocycles. The molecule has 50 heteroatoms. The first-order valence-corrected chi connectivity index (χ1v) is 41.0. The molecular weight excluding hydrogens is 2960 g/mol. The fraction of sp³-hybridized carbons (Fsp3) is 0.500. The van der Waals surface area contributed by atoms with Crippen LogP contribution in [0.4, 0.5) is 0 Å². The van der Waals surface area contributed by atoms with E-state index in [1.165, 1.54) is 0 Å². The third-order valence-electron chi connectivity index (χ3n) is 8.06. The fourth-order valence-electron chi connectivity index (χ4n) is 4.94. The van der Waals surface area contributed by atoms with Gasteiger partial charge in [0.15, 0.2) is 88.8 Å². The normalized spacial score (nSPS) is 10.1. The molecule has 0 aromatic heterocycles. The van der Waals surface area contributed by atoms with Gasteiger partial charge in [0.1, 0.15) is 0 Å². The summed E-state index contributed by atoms with van der Waals surface area (Å²) >= 11 is 51.7. The molecular formula is C6H15B24I20N3O3. The van der Waals surface area contributed by atoms with Crippen molar-refractivity contribution in [2.24, 2.45) is 0 Å². The van der Waals surface area contributed by atoms with E-state index in [2.05, 4.69) is 478 Å². The maximum absolute atomic E-state index is 13.6. The Hall–Kier alpha value is 14.6. The van der Waals surface area contributed by atoms with Gasteiger partial charge >= 0.3 is 0 Å². The highest BCUT2D eigenvalue weighted by atomic mass is 127. The molecule has 284 valence electrons. The summed E-state index contributed by atoms with van der Waals surface area (Å²) in [4.78, 5) is 38.6. The zero-order chi connectivity index (χ0) is 44.4. The molecule has 56 heavy (non-hydrogen) atoms. The number of hydrogen-bond donors (Lipinski definition) is 2. The van der Waals surface area contributed by atoms with Crippen LogP contribution in [0.1, 0.15) is 20.8 Å². The van der Waals surface area contributed by atoms with E-state index in [0.29, 0.717) is 34.8 Å². The van der Waals surface area contributed by atoms with E-state index in [1.807, 2.05) is 0 Å². The second-order valence-corrected chi connectivity index (χ2v) is 42.1. The molecule has 0 aromatic rings. The SMILES string of the molecule is BB(I)B(I)B(I)B(I)B(NC(C)=O)B(I)B(I)B(I)B(I)B(I)B(I)N(B(I)B(I)B(I)B(I)B(I)B(I)B(NC(C)=O)B(I)B(I)B(I)B(B)I)C(C)=O. The fourth-order valence-corrected chi connectivity index (χ4v) is 34.1. The van der Waals surface area contributed by atoms with E-state index in [4.69, 9.17) is 0 Å². The van der Waals surface area contributed by atoms with Crippen molar-refractivity contribution in [2.75, 3.05) is 0 Å². The van der Waals surface area contributed by atoms with Gasteiger partial charge in [-0.05, 0) is 0 Å². The minimum atomic E-state index is -0.0116. The number of hydrogen-bond acceptors (Lipinski definition) is 3.